The molecule has 0 unspecified atom stereocenters. The summed E-state index contributed by atoms with van der Waals surface area (Å²) in [5.74, 6) is 1.83. The number of thiazole rings is 1. The third-order valence-corrected chi connectivity index (χ3v) is 5.67. The molecule has 0 radical (unpaired) electrons. The number of rotatable bonds is 4. The molecule has 6 nitrogen and oxygen atoms in total. The molecule has 4 rings (SSSR count). The van der Waals surface area contributed by atoms with E-state index in [4.69, 9.17) is 9.47 Å². The SMILES string of the molecule is COc1ccc(C=c2sc3nc(-c4ccccc4Br)nn3c2=O)c(OC)c1. The Morgan fingerprint density at radius 2 is 1.96 bits per heavy atom. The highest BCUT2D eigenvalue weighted by Gasteiger charge is 2.14. The van der Waals surface area contributed by atoms with Crippen molar-refractivity contribution in [3.8, 4) is 22.9 Å². The van der Waals surface area contributed by atoms with Crippen LogP contribution in [0, 0.1) is 0 Å². The average molecular weight is 444 g/mol. The van der Waals surface area contributed by atoms with Gasteiger partial charge < -0.3 is 9.47 Å². The number of ether oxygens (including phenoxy) is 2. The van der Waals surface area contributed by atoms with Gasteiger partial charge in [0.1, 0.15) is 11.5 Å². The minimum absolute atomic E-state index is 0.210. The molecule has 0 fully saturated rings. The Bertz CT molecular complexity index is 1250. The van der Waals surface area contributed by atoms with E-state index >= 15 is 0 Å². The number of hydrogen-bond acceptors (Lipinski definition) is 6. The van der Waals surface area contributed by atoms with Crippen molar-refractivity contribution in [2.24, 2.45) is 0 Å². The van der Waals surface area contributed by atoms with E-state index in [2.05, 4.69) is 26.0 Å². The molecule has 8 heteroatoms. The quantitative estimate of drug-likeness (QED) is 0.484. The van der Waals surface area contributed by atoms with Crippen LogP contribution >= 0.6 is 27.3 Å². The van der Waals surface area contributed by atoms with Crippen LogP contribution in [0.3, 0.4) is 0 Å². The summed E-state index contributed by atoms with van der Waals surface area (Å²) in [6.45, 7) is 0. The van der Waals surface area contributed by atoms with Crippen LogP contribution in [0.1, 0.15) is 5.56 Å². The van der Waals surface area contributed by atoms with Crippen LogP contribution in [0.2, 0.25) is 0 Å². The van der Waals surface area contributed by atoms with Crippen LogP contribution < -0.4 is 19.6 Å². The first-order valence-corrected chi connectivity index (χ1v) is 9.60. The molecule has 0 aliphatic rings. The second-order valence-electron chi connectivity index (χ2n) is 5.63. The summed E-state index contributed by atoms with van der Waals surface area (Å²) in [5.41, 5.74) is 1.42. The van der Waals surface area contributed by atoms with Gasteiger partial charge in [-0.1, -0.05) is 39.4 Å². The molecule has 0 bridgehead atoms. The van der Waals surface area contributed by atoms with Crippen LogP contribution in [-0.4, -0.2) is 28.8 Å². The Morgan fingerprint density at radius 3 is 2.67 bits per heavy atom. The summed E-state index contributed by atoms with van der Waals surface area (Å²) in [4.78, 5) is 17.8. The zero-order valence-corrected chi connectivity index (χ0v) is 16.9. The molecule has 27 heavy (non-hydrogen) atoms. The highest BCUT2D eigenvalue weighted by Crippen LogP contribution is 2.26. The van der Waals surface area contributed by atoms with E-state index in [9.17, 15) is 4.79 Å². The summed E-state index contributed by atoms with van der Waals surface area (Å²) in [5, 5.41) is 4.38. The van der Waals surface area contributed by atoms with Crippen LogP contribution in [0.25, 0.3) is 22.4 Å². The molecule has 2 aromatic carbocycles. The number of benzene rings is 2. The number of nitrogens with zero attached hydrogens (tertiary/aromatic N) is 3. The van der Waals surface area contributed by atoms with E-state index in [-0.39, 0.29) is 5.56 Å². The van der Waals surface area contributed by atoms with Crippen molar-refractivity contribution >= 4 is 38.3 Å². The summed E-state index contributed by atoms with van der Waals surface area (Å²) < 4.78 is 13.3. The van der Waals surface area contributed by atoms with Crippen molar-refractivity contribution in [1.82, 2.24) is 14.6 Å². The van der Waals surface area contributed by atoms with Gasteiger partial charge in [0.05, 0.1) is 18.8 Å². The fraction of sp³-hybridized carbons (Fsp3) is 0.105. The summed E-state index contributed by atoms with van der Waals surface area (Å²) in [6, 6.07) is 13.1. The Hall–Kier alpha value is -2.71. The number of methoxy groups -OCH3 is 2. The first kappa shape index (κ1) is 17.7. The highest BCUT2D eigenvalue weighted by atomic mass is 79.9. The van der Waals surface area contributed by atoms with Gasteiger partial charge in [0.2, 0.25) is 4.96 Å². The van der Waals surface area contributed by atoms with Crippen molar-refractivity contribution in [1.29, 1.82) is 0 Å². The van der Waals surface area contributed by atoms with Gasteiger partial charge in [-0.05, 0) is 30.3 Å². The lowest BCUT2D eigenvalue weighted by molar-refractivity contribution is 0.393. The maximum absolute atomic E-state index is 12.7. The largest absolute Gasteiger partial charge is 0.497 e. The molecule has 0 atom stereocenters. The molecule has 0 aliphatic heterocycles. The van der Waals surface area contributed by atoms with Crippen molar-refractivity contribution in [2.75, 3.05) is 14.2 Å². The van der Waals surface area contributed by atoms with Crippen LogP contribution in [-0.2, 0) is 0 Å². The molecule has 0 amide bonds. The molecular formula is C19H14BrN3O3S. The number of fused-ring (bicyclic) bond motifs is 1. The first-order chi connectivity index (χ1) is 13.1. The monoisotopic (exact) mass is 443 g/mol. The third-order valence-electron chi connectivity index (χ3n) is 4.02. The van der Waals surface area contributed by atoms with Crippen molar-refractivity contribution in [3.63, 3.8) is 0 Å². The lowest BCUT2D eigenvalue weighted by atomic mass is 10.2. The van der Waals surface area contributed by atoms with Crippen LogP contribution in [0.15, 0.2) is 51.7 Å². The Balaban J connectivity index is 1.82. The van der Waals surface area contributed by atoms with Gasteiger partial charge in [0, 0.05) is 21.7 Å². The molecule has 0 saturated carbocycles. The smallest absolute Gasteiger partial charge is 0.291 e. The number of aromatic nitrogens is 3. The van der Waals surface area contributed by atoms with Gasteiger partial charge in [0.25, 0.3) is 5.56 Å². The molecule has 0 aliphatic carbocycles. The van der Waals surface area contributed by atoms with E-state index < -0.39 is 0 Å². The molecular weight excluding hydrogens is 430 g/mol. The van der Waals surface area contributed by atoms with E-state index in [1.54, 1.807) is 26.4 Å². The lowest BCUT2D eigenvalue weighted by Gasteiger charge is -2.06. The molecule has 4 aromatic rings. The second kappa shape index (κ2) is 7.13. The zero-order chi connectivity index (χ0) is 19.0. The maximum Gasteiger partial charge on any atom is 0.291 e. The topological polar surface area (TPSA) is 65.7 Å². The van der Waals surface area contributed by atoms with E-state index in [0.717, 1.165) is 15.6 Å². The minimum atomic E-state index is -0.210. The summed E-state index contributed by atoms with van der Waals surface area (Å²) in [7, 11) is 3.17. The summed E-state index contributed by atoms with van der Waals surface area (Å²) >= 11 is 4.78. The molecule has 2 heterocycles. The highest BCUT2D eigenvalue weighted by molar-refractivity contribution is 9.10. The molecule has 2 aromatic heterocycles. The predicted molar refractivity (Wildman–Crippen MR) is 109 cm³/mol. The van der Waals surface area contributed by atoms with Gasteiger partial charge in [0.15, 0.2) is 5.82 Å². The molecule has 0 N–H and O–H groups in total. The van der Waals surface area contributed by atoms with Gasteiger partial charge in [-0.3, -0.25) is 4.79 Å². The standard InChI is InChI=1S/C19H14BrN3O3S/c1-25-12-8-7-11(15(10-12)26-2)9-16-18(24)23-19(27-16)21-17(22-23)13-5-3-4-6-14(13)20/h3-10H,1-2H3. The average Bonchev–Trinajstić information content (AvgIpc) is 3.22. The fourth-order valence-electron chi connectivity index (χ4n) is 2.67. The Labute approximate surface area is 166 Å². The molecule has 0 spiro atoms. The van der Waals surface area contributed by atoms with Gasteiger partial charge >= 0.3 is 0 Å². The van der Waals surface area contributed by atoms with Crippen LogP contribution in [0.4, 0.5) is 0 Å². The van der Waals surface area contributed by atoms with E-state index in [0.29, 0.717) is 26.8 Å². The third kappa shape index (κ3) is 3.22. The van der Waals surface area contributed by atoms with Crippen molar-refractivity contribution in [2.45, 2.75) is 0 Å². The van der Waals surface area contributed by atoms with Crippen LogP contribution in [0.5, 0.6) is 11.5 Å². The second-order valence-corrected chi connectivity index (χ2v) is 7.50. The van der Waals surface area contributed by atoms with Crippen molar-refractivity contribution < 1.29 is 9.47 Å². The van der Waals surface area contributed by atoms with Gasteiger partial charge in [-0.2, -0.15) is 9.50 Å². The van der Waals surface area contributed by atoms with Gasteiger partial charge in [-0.15, -0.1) is 5.10 Å². The number of hydrogen-bond donors (Lipinski definition) is 0. The van der Waals surface area contributed by atoms with Crippen molar-refractivity contribution in [3.05, 3.63) is 67.4 Å². The fourth-order valence-corrected chi connectivity index (χ4v) is 4.03. The number of halogens is 1. The minimum Gasteiger partial charge on any atom is -0.497 e. The molecule has 136 valence electrons. The first-order valence-electron chi connectivity index (χ1n) is 7.99. The molecule has 0 saturated heterocycles. The van der Waals surface area contributed by atoms with E-state index in [1.165, 1.54) is 15.9 Å². The van der Waals surface area contributed by atoms with E-state index in [1.807, 2.05) is 36.4 Å². The summed E-state index contributed by atoms with van der Waals surface area (Å²) in [6.07, 6.45) is 1.78. The van der Waals surface area contributed by atoms with Gasteiger partial charge in [-0.25, -0.2) is 0 Å². The normalized spacial score (nSPS) is 11.9. The maximum atomic E-state index is 12.7. The predicted octanol–water partition coefficient (Wildman–Crippen LogP) is 3.15. The lowest BCUT2D eigenvalue weighted by Crippen LogP contribution is -2.23. The zero-order valence-electron chi connectivity index (χ0n) is 14.5. The Kier molecular flexibility index (Phi) is 4.67. The Morgan fingerprint density at radius 1 is 1.15 bits per heavy atom.